The molecule has 0 saturated heterocycles. The summed E-state index contributed by atoms with van der Waals surface area (Å²) in [5.74, 6) is -0.836. The molecule has 10 heteroatoms. The minimum Gasteiger partial charge on any atom is -0.347 e. The van der Waals surface area contributed by atoms with Crippen molar-refractivity contribution < 1.29 is 31.1 Å². The van der Waals surface area contributed by atoms with E-state index < -0.39 is 30.4 Å². The molecule has 3 nitrogen and oxygen atoms in total. The topological polar surface area (TPSA) is 42.0 Å². The lowest BCUT2D eigenvalue weighted by Crippen LogP contribution is -2.34. The Bertz CT molecular complexity index is 705. The monoisotopic (exact) mass is 368 g/mol. The molecule has 1 aromatic heterocycles. The molecule has 0 aliphatic rings. The van der Waals surface area contributed by atoms with Gasteiger partial charge in [0.2, 0.25) is 5.91 Å². The SMILES string of the molecule is O=C(Cc1csc(-c2ccc(C(F)(F)F)cc2)n1)NCC(F)(F)F. The van der Waals surface area contributed by atoms with Crippen molar-refractivity contribution in [2.75, 3.05) is 6.54 Å². The molecule has 1 heterocycles. The number of rotatable bonds is 4. The number of alkyl halides is 6. The van der Waals surface area contributed by atoms with Gasteiger partial charge in [-0.15, -0.1) is 11.3 Å². The molecule has 1 N–H and O–H groups in total. The third kappa shape index (κ3) is 5.22. The molecular weight excluding hydrogens is 358 g/mol. The van der Waals surface area contributed by atoms with Crippen LogP contribution in [0.15, 0.2) is 29.6 Å². The van der Waals surface area contributed by atoms with Crippen molar-refractivity contribution in [3.8, 4) is 10.6 Å². The number of halogens is 6. The summed E-state index contributed by atoms with van der Waals surface area (Å²) >= 11 is 1.09. The van der Waals surface area contributed by atoms with E-state index >= 15 is 0 Å². The van der Waals surface area contributed by atoms with Crippen molar-refractivity contribution in [1.82, 2.24) is 10.3 Å². The van der Waals surface area contributed by atoms with Crippen molar-refractivity contribution in [2.45, 2.75) is 18.8 Å². The minimum absolute atomic E-state index is 0.245. The molecule has 2 rings (SSSR count). The highest BCUT2D eigenvalue weighted by atomic mass is 32.1. The molecule has 2 aromatic rings. The molecule has 1 amide bonds. The van der Waals surface area contributed by atoms with Crippen molar-refractivity contribution in [3.63, 3.8) is 0 Å². The largest absolute Gasteiger partial charge is 0.416 e. The third-order valence-electron chi connectivity index (χ3n) is 2.84. The van der Waals surface area contributed by atoms with Crippen molar-refractivity contribution in [2.24, 2.45) is 0 Å². The summed E-state index contributed by atoms with van der Waals surface area (Å²) in [7, 11) is 0. The van der Waals surface area contributed by atoms with Gasteiger partial charge in [0.25, 0.3) is 0 Å². The first-order chi connectivity index (χ1) is 11.0. The highest BCUT2D eigenvalue weighted by Crippen LogP contribution is 2.31. The Balaban J connectivity index is 2.01. The zero-order valence-corrected chi connectivity index (χ0v) is 12.6. The van der Waals surface area contributed by atoms with Gasteiger partial charge in [-0.25, -0.2) is 4.98 Å². The van der Waals surface area contributed by atoms with Crippen LogP contribution in [0.5, 0.6) is 0 Å². The maximum absolute atomic E-state index is 12.5. The molecule has 1 aromatic carbocycles. The minimum atomic E-state index is -4.50. The van der Waals surface area contributed by atoms with Crippen LogP contribution in [0.1, 0.15) is 11.3 Å². The van der Waals surface area contributed by atoms with Crippen molar-refractivity contribution in [1.29, 1.82) is 0 Å². The van der Waals surface area contributed by atoms with E-state index in [2.05, 4.69) is 4.98 Å². The number of benzene rings is 1. The van der Waals surface area contributed by atoms with E-state index in [1.807, 2.05) is 0 Å². The van der Waals surface area contributed by atoms with Gasteiger partial charge < -0.3 is 5.32 Å². The Morgan fingerprint density at radius 3 is 2.25 bits per heavy atom. The molecule has 0 saturated carbocycles. The number of hydrogen-bond donors (Lipinski definition) is 1. The molecule has 0 aliphatic heterocycles. The van der Waals surface area contributed by atoms with E-state index in [0.29, 0.717) is 10.6 Å². The van der Waals surface area contributed by atoms with E-state index in [1.54, 1.807) is 5.32 Å². The quantitative estimate of drug-likeness (QED) is 0.828. The second-order valence-electron chi connectivity index (χ2n) is 4.79. The van der Waals surface area contributed by atoms with E-state index in [-0.39, 0.29) is 12.1 Å². The summed E-state index contributed by atoms with van der Waals surface area (Å²) in [6.07, 6.45) is -9.28. The molecular formula is C14H10F6N2OS. The summed E-state index contributed by atoms with van der Waals surface area (Å²) in [6, 6.07) is 4.31. The van der Waals surface area contributed by atoms with Crippen LogP contribution in [0.4, 0.5) is 26.3 Å². The molecule has 0 aliphatic carbocycles. The summed E-state index contributed by atoms with van der Waals surface area (Å²) < 4.78 is 73.4. The smallest absolute Gasteiger partial charge is 0.347 e. The zero-order valence-electron chi connectivity index (χ0n) is 11.8. The summed E-state index contributed by atoms with van der Waals surface area (Å²) in [5.41, 5.74) is -0.126. The molecule has 0 unspecified atom stereocenters. The van der Waals surface area contributed by atoms with Crippen LogP contribution in [0.2, 0.25) is 0 Å². The third-order valence-corrected chi connectivity index (χ3v) is 3.78. The number of carbonyl (C=O) groups excluding carboxylic acids is 1. The molecule has 0 bridgehead atoms. The Morgan fingerprint density at radius 1 is 1.08 bits per heavy atom. The van der Waals surface area contributed by atoms with Gasteiger partial charge in [0.15, 0.2) is 0 Å². The fourth-order valence-electron chi connectivity index (χ4n) is 1.75. The lowest BCUT2D eigenvalue weighted by molar-refractivity contribution is -0.138. The van der Waals surface area contributed by atoms with Gasteiger partial charge in [0, 0.05) is 10.9 Å². The summed E-state index contributed by atoms with van der Waals surface area (Å²) in [5, 5.41) is 3.57. The number of hydrogen-bond acceptors (Lipinski definition) is 3. The summed E-state index contributed by atoms with van der Waals surface area (Å²) in [6.45, 7) is -1.43. The van der Waals surface area contributed by atoms with Crippen LogP contribution in [0.3, 0.4) is 0 Å². The van der Waals surface area contributed by atoms with E-state index in [9.17, 15) is 31.1 Å². The number of aromatic nitrogens is 1. The highest BCUT2D eigenvalue weighted by molar-refractivity contribution is 7.13. The van der Waals surface area contributed by atoms with Gasteiger partial charge in [-0.1, -0.05) is 12.1 Å². The fraction of sp³-hybridized carbons (Fsp3) is 0.286. The predicted octanol–water partition coefficient (Wildman–Crippen LogP) is 4.05. The second kappa shape index (κ2) is 6.80. The average molecular weight is 368 g/mol. The van der Waals surface area contributed by atoms with E-state index in [4.69, 9.17) is 0 Å². The lowest BCUT2D eigenvalue weighted by atomic mass is 10.1. The predicted molar refractivity (Wildman–Crippen MR) is 75.3 cm³/mol. The van der Waals surface area contributed by atoms with Crippen LogP contribution in [-0.4, -0.2) is 23.6 Å². The first-order valence-electron chi connectivity index (χ1n) is 6.50. The number of amides is 1. The molecule has 130 valence electrons. The second-order valence-corrected chi connectivity index (χ2v) is 5.65. The lowest BCUT2D eigenvalue weighted by Gasteiger charge is -2.07. The van der Waals surface area contributed by atoms with Crippen LogP contribution in [0.25, 0.3) is 10.6 Å². The highest BCUT2D eigenvalue weighted by Gasteiger charge is 2.30. The van der Waals surface area contributed by atoms with E-state index in [1.165, 1.54) is 17.5 Å². The van der Waals surface area contributed by atoms with Gasteiger partial charge in [-0.05, 0) is 12.1 Å². The zero-order chi connectivity index (χ0) is 18.0. The standard InChI is InChI=1S/C14H10F6N2OS/c15-13(16,17)7-21-11(23)5-10-6-24-12(22-10)8-1-3-9(4-2-8)14(18,19)20/h1-4,6H,5,7H2,(H,21,23). The van der Waals surface area contributed by atoms with Gasteiger partial charge in [0.1, 0.15) is 11.6 Å². The number of thiazole rings is 1. The van der Waals surface area contributed by atoms with Crippen LogP contribution >= 0.6 is 11.3 Å². The van der Waals surface area contributed by atoms with Crippen molar-refractivity contribution >= 4 is 17.2 Å². The van der Waals surface area contributed by atoms with Gasteiger partial charge in [-0.3, -0.25) is 4.79 Å². The molecule has 0 radical (unpaired) electrons. The first-order valence-corrected chi connectivity index (χ1v) is 7.38. The number of carbonyl (C=O) groups is 1. The molecule has 0 spiro atoms. The Kier molecular flexibility index (Phi) is 5.16. The Morgan fingerprint density at radius 2 is 1.71 bits per heavy atom. The van der Waals surface area contributed by atoms with Gasteiger partial charge in [0.05, 0.1) is 17.7 Å². The van der Waals surface area contributed by atoms with E-state index in [0.717, 1.165) is 23.5 Å². The Labute approximate surface area is 136 Å². The fourth-order valence-corrected chi connectivity index (χ4v) is 2.57. The normalized spacial score (nSPS) is 12.2. The number of nitrogens with zero attached hydrogens (tertiary/aromatic N) is 1. The van der Waals surface area contributed by atoms with Crippen LogP contribution < -0.4 is 5.32 Å². The Hall–Kier alpha value is -2.10. The number of nitrogens with one attached hydrogen (secondary N) is 1. The first kappa shape index (κ1) is 18.2. The van der Waals surface area contributed by atoms with Gasteiger partial charge >= 0.3 is 12.4 Å². The van der Waals surface area contributed by atoms with Crippen LogP contribution in [-0.2, 0) is 17.4 Å². The average Bonchev–Trinajstić information content (AvgIpc) is 2.92. The van der Waals surface area contributed by atoms with Gasteiger partial charge in [-0.2, -0.15) is 26.3 Å². The molecule has 0 fully saturated rings. The van der Waals surface area contributed by atoms with Crippen molar-refractivity contribution in [3.05, 3.63) is 40.9 Å². The summed E-state index contributed by atoms with van der Waals surface area (Å²) in [4.78, 5) is 15.4. The van der Waals surface area contributed by atoms with Crippen LogP contribution in [0, 0.1) is 0 Å². The molecule has 0 atom stereocenters. The maximum Gasteiger partial charge on any atom is 0.416 e. The maximum atomic E-state index is 12.5. The molecule has 24 heavy (non-hydrogen) atoms.